The molecule has 186 valence electrons. The van der Waals surface area contributed by atoms with Crippen LogP contribution >= 0.6 is 0 Å². The number of carbonyl (C=O) groups excluding carboxylic acids is 2. The number of nitrogens with zero attached hydrogens (tertiary/aromatic N) is 3. The van der Waals surface area contributed by atoms with E-state index in [9.17, 15) is 18.0 Å². The van der Waals surface area contributed by atoms with Crippen LogP contribution in [0.25, 0.3) is 11.1 Å². The normalized spacial score (nSPS) is 14.9. The standard InChI is InChI=1S/C24H29N5O5S/c1-3-29(4-2)35(32,33)19-9-7-8-18(16-19)23(31)27-26-22(30)17-12-14-28(15-13-17)24-25-20-10-5-6-11-21(20)34-24/h5-11,16-17H,3-4,12-15H2,1-2H3,(H,26,30)(H,27,31). The lowest BCUT2D eigenvalue weighted by molar-refractivity contribution is -0.126. The molecule has 0 radical (unpaired) electrons. The number of hydrogen-bond donors (Lipinski definition) is 2. The predicted octanol–water partition coefficient (Wildman–Crippen LogP) is 2.54. The van der Waals surface area contributed by atoms with Crippen molar-refractivity contribution in [1.29, 1.82) is 0 Å². The van der Waals surface area contributed by atoms with Gasteiger partial charge in [-0.25, -0.2) is 8.42 Å². The smallest absolute Gasteiger partial charge is 0.298 e. The molecule has 0 unspecified atom stereocenters. The third-order valence-electron chi connectivity index (χ3n) is 6.16. The molecule has 0 atom stereocenters. The lowest BCUT2D eigenvalue weighted by Gasteiger charge is -2.30. The van der Waals surface area contributed by atoms with Gasteiger partial charge >= 0.3 is 0 Å². The first-order chi connectivity index (χ1) is 16.8. The van der Waals surface area contributed by atoms with E-state index in [0.29, 0.717) is 45.0 Å². The Bertz CT molecular complexity index is 1280. The van der Waals surface area contributed by atoms with Crippen molar-refractivity contribution in [2.24, 2.45) is 5.92 Å². The van der Waals surface area contributed by atoms with Gasteiger partial charge in [0.25, 0.3) is 11.9 Å². The Labute approximate surface area is 204 Å². The summed E-state index contributed by atoms with van der Waals surface area (Å²) in [5.41, 5.74) is 6.53. The number of anilines is 1. The van der Waals surface area contributed by atoms with Crippen molar-refractivity contribution in [3.63, 3.8) is 0 Å². The number of nitrogens with one attached hydrogen (secondary N) is 2. The topological polar surface area (TPSA) is 125 Å². The molecule has 35 heavy (non-hydrogen) atoms. The van der Waals surface area contributed by atoms with Gasteiger partial charge in [-0.05, 0) is 43.2 Å². The molecule has 4 rings (SSSR count). The zero-order valence-electron chi connectivity index (χ0n) is 19.7. The maximum Gasteiger partial charge on any atom is 0.298 e. The van der Waals surface area contributed by atoms with Gasteiger partial charge in [0, 0.05) is 37.7 Å². The molecular formula is C24H29N5O5S. The van der Waals surface area contributed by atoms with Crippen LogP contribution in [0.4, 0.5) is 6.01 Å². The Hall–Kier alpha value is -3.44. The number of piperidine rings is 1. The van der Waals surface area contributed by atoms with Crippen molar-refractivity contribution in [3.05, 3.63) is 54.1 Å². The second-order valence-electron chi connectivity index (χ2n) is 8.29. The molecule has 11 heteroatoms. The first-order valence-corrected chi connectivity index (χ1v) is 13.1. The van der Waals surface area contributed by atoms with Crippen LogP contribution in [0.2, 0.25) is 0 Å². The maximum absolute atomic E-state index is 12.7. The Morgan fingerprint density at radius 2 is 1.77 bits per heavy atom. The molecule has 1 aliphatic heterocycles. The monoisotopic (exact) mass is 499 g/mol. The highest BCUT2D eigenvalue weighted by Crippen LogP contribution is 2.26. The molecule has 2 N–H and O–H groups in total. The zero-order chi connectivity index (χ0) is 25.0. The molecule has 1 saturated heterocycles. The van der Waals surface area contributed by atoms with Gasteiger partial charge in [-0.2, -0.15) is 9.29 Å². The minimum atomic E-state index is -3.69. The molecule has 1 fully saturated rings. The van der Waals surface area contributed by atoms with Gasteiger partial charge in [-0.3, -0.25) is 20.4 Å². The third-order valence-corrected chi connectivity index (χ3v) is 8.20. The van der Waals surface area contributed by atoms with E-state index in [-0.39, 0.29) is 22.3 Å². The van der Waals surface area contributed by atoms with E-state index in [1.807, 2.05) is 29.2 Å². The second-order valence-corrected chi connectivity index (χ2v) is 10.2. The number of amides is 2. The first kappa shape index (κ1) is 24.7. The van der Waals surface area contributed by atoms with Crippen LogP contribution in [0.5, 0.6) is 0 Å². The Morgan fingerprint density at radius 3 is 2.46 bits per heavy atom. The number of para-hydroxylation sites is 2. The maximum atomic E-state index is 12.7. The fourth-order valence-electron chi connectivity index (χ4n) is 4.13. The number of carbonyl (C=O) groups is 2. The number of benzene rings is 2. The van der Waals surface area contributed by atoms with Crippen molar-refractivity contribution in [2.45, 2.75) is 31.6 Å². The molecule has 2 amide bonds. The summed E-state index contributed by atoms with van der Waals surface area (Å²) in [4.78, 5) is 31.7. The van der Waals surface area contributed by atoms with Crippen LogP contribution < -0.4 is 15.8 Å². The van der Waals surface area contributed by atoms with Crippen LogP contribution in [0.15, 0.2) is 57.8 Å². The summed E-state index contributed by atoms with van der Waals surface area (Å²) in [6, 6.07) is 13.9. The SMILES string of the molecule is CCN(CC)S(=O)(=O)c1cccc(C(=O)NNC(=O)C2CCN(c3nc4ccccc4o3)CC2)c1. The van der Waals surface area contributed by atoms with Crippen LogP contribution in [0.1, 0.15) is 37.0 Å². The van der Waals surface area contributed by atoms with E-state index < -0.39 is 15.9 Å². The highest BCUT2D eigenvalue weighted by molar-refractivity contribution is 7.89. The average Bonchev–Trinajstić information content (AvgIpc) is 3.32. The minimum absolute atomic E-state index is 0.0340. The Morgan fingerprint density at radius 1 is 1.06 bits per heavy atom. The molecule has 2 heterocycles. The summed E-state index contributed by atoms with van der Waals surface area (Å²) in [5, 5.41) is 0. The van der Waals surface area contributed by atoms with Crippen molar-refractivity contribution in [2.75, 3.05) is 31.1 Å². The number of sulfonamides is 1. The highest BCUT2D eigenvalue weighted by atomic mass is 32.2. The first-order valence-electron chi connectivity index (χ1n) is 11.6. The van der Waals surface area contributed by atoms with Crippen molar-refractivity contribution in [3.8, 4) is 0 Å². The van der Waals surface area contributed by atoms with E-state index in [2.05, 4.69) is 15.8 Å². The van der Waals surface area contributed by atoms with Crippen molar-refractivity contribution in [1.82, 2.24) is 20.1 Å². The van der Waals surface area contributed by atoms with Gasteiger partial charge in [0.2, 0.25) is 15.9 Å². The highest BCUT2D eigenvalue weighted by Gasteiger charge is 2.28. The number of hydrogen-bond acceptors (Lipinski definition) is 7. The largest absolute Gasteiger partial charge is 0.423 e. The van der Waals surface area contributed by atoms with Crippen LogP contribution in [-0.4, -0.2) is 55.7 Å². The average molecular weight is 500 g/mol. The van der Waals surface area contributed by atoms with E-state index in [1.165, 1.54) is 28.6 Å². The molecule has 0 spiro atoms. The molecule has 0 saturated carbocycles. The van der Waals surface area contributed by atoms with Crippen LogP contribution in [0, 0.1) is 5.92 Å². The molecule has 10 nitrogen and oxygen atoms in total. The molecule has 0 bridgehead atoms. The summed E-state index contributed by atoms with van der Waals surface area (Å²) in [7, 11) is -3.69. The summed E-state index contributed by atoms with van der Waals surface area (Å²) in [6.45, 7) is 5.37. The fourth-order valence-corrected chi connectivity index (χ4v) is 5.64. The van der Waals surface area contributed by atoms with E-state index in [0.717, 1.165) is 11.1 Å². The Kier molecular flexibility index (Phi) is 7.37. The summed E-state index contributed by atoms with van der Waals surface area (Å²) >= 11 is 0. The van der Waals surface area contributed by atoms with Crippen molar-refractivity contribution >= 4 is 39.0 Å². The van der Waals surface area contributed by atoms with E-state index in [1.54, 1.807) is 13.8 Å². The van der Waals surface area contributed by atoms with Crippen molar-refractivity contribution < 1.29 is 22.4 Å². The predicted molar refractivity (Wildman–Crippen MR) is 131 cm³/mol. The van der Waals surface area contributed by atoms with Gasteiger partial charge in [0.05, 0.1) is 4.90 Å². The van der Waals surface area contributed by atoms with E-state index >= 15 is 0 Å². The molecular weight excluding hydrogens is 470 g/mol. The number of hydrazine groups is 1. The Balaban J connectivity index is 1.31. The van der Waals surface area contributed by atoms with Gasteiger partial charge in [-0.1, -0.05) is 32.0 Å². The summed E-state index contributed by atoms with van der Waals surface area (Å²) < 4.78 is 32.6. The summed E-state index contributed by atoms with van der Waals surface area (Å²) in [6.07, 6.45) is 1.16. The number of rotatable bonds is 7. The number of aromatic nitrogens is 1. The van der Waals surface area contributed by atoms with Crippen LogP contribution in [-0.2, 0) is 14.8 Å². The lowest BCUT2D eigenvalue weighted by Crippen LogP contribution is -2.47. The second kappa shape index (κ2) is 10.4. The number of fused-ring (bicyclic) bond motifs is 1. The summed E-state index contributed by atoms with van der Waals surface area (Å²) in [5.74, 6) is -1.15. The van der Waals surface area contributed by atoms with Gasteiger partial charge in [-0.15, -0.1) is 0 Å². The fraction of sp³-hybridized carbons (Fsp3) is 0.375. The molecule has 2 aromatic carbocycles. The quantitative estimate of drug-likeness (QED) is 0.479. The van der Waals surface area contributed by atoms with Gasteiger partial charge in [0.15, 0.2) is 5.58 Å². The number of oxazole rings is 1. The minimum Gasteiger partial charge on any atom is -0.423 e. The molecule has 3 aromatic rings. The molecule has 1 aromatic heterocycles. The third kappa shape index (κ3) is 5.30. The zero-order valence-corrected chi connectivity index (χ0v) is 20.5. The molecule has 1 aliphatic rings. The molecule has 0 aliphatic carbocycles. The lowest BCUT2D eigenvalue weighted by atomic mass is 9.96. The van der Waals surface area contributed by atoms with Crippen LogP contribution in [0.3, 0.4) is 0 Å². The van der Waals surface area contributed by atoms with Gasteiger partial charge in [0.1, 0.15) is 5.52 Å². The van der Waals surface area contributed by atoms with E-state index in [4.69, 9.17) is 4.42 Å². The van der Waals surface area contributed by atoms with Gasteiger partial charge < -0.3 is 9.32 Å².